The number of amides is 4. The molecule has 13 heteroatoms. The number of nitrogens with one attached hydrogen (secondary N) is 2. The summed E-state index contributed by atoms with van der Waals surface area (Å²) in [5.41, 5.74) is 0.721. The SMILES string of the molecule is CCc1cc(C(=O)NC2CN(C(=O)CO)c3ccccc3N(CC(=O)NC3CC(=O)OC3C(C)CC)C2=O)cc(O)c1O. The van der Waals surface area contributed by atoms with Crippen LogP contribution in [0.5, 0.6) is 11.5 Å². The molecule has 2 aromatic carbocycles. The molecule has 230 valence electrons. The first-order valence-electron chi connectivity index (χ1n) is 14.1. The molecule has 0 aromatic heterocycles. The number of hydrogen-bond donors (Lipinski definition) is 5. The van der Waals surface area contributed by atoms with Crippen molar-refractivity contribution in [3.63, 3.8) is 0 Å². The molecule has 2 aromatic rings. The molecule has 43 heavy (non-hydrogen) atoms. The van der Waals surface area contributed by atoms with Crippen molar-refractivity contribution in [1.82, 2.24) is 10.6 Å². The minimum absolute atomic E-state index is 0.0116. The monoisotopic (exact) mass is 596 g/mol. The van der Waals surface area contributed by atoms with Gasteiger partial charge in [0.2, 0.25) is 5.91 Å². The number of nitrogens with zero attached hydrogens (tertiary/aromatic N) is 2. The van der Waals surface area contributed by atoms with Gasteiger partial charge in [-0.3, -0.25) is 28.9 Å². The van der Waals surface area contributed by atoms with E-state index in [1.165, 1.54) is 12.1 Å². The number of carbonyl (C=O) groups excluding carboxylic acids is 5. The largest absolute Gasteiger partial charge is 0.504 e. The van der Waals surface area contributed by atoms with Gasteiger partial charge >= 0.3 is 5.97 Å². The Morgan fingerprint density at radius 1 is 1.07 bits per heavy atom. The fourth-order valence-electron chi connectivity index (χ4n) is 5.35. The summed E-state index contributed by atoms with van der Waals surface area (Å²) in [7, 11) is 0. The highest BCUT2D eigenvalue weighted by molar-refractivity contribution is 6.11. The zero-order valence-electron chi connectivity index (χ0n) is 24.2. The molecule has 1 saturated heterocycles. The van der Waals surface area contributed by atoms with Crippen molar-refractivity contribution in [2.45, 2.75) is 58.2 Å². The number of benzene rings is 2. The Morgan fingerprint density at radius 3 is 2.42 bits per heavy atom. The number of anilines is 2. The highest BCUT2D eigenvalue weighted by Gasteiger charge is 2.41. The quantitative estimate of drug-likeness (QED) is 0.208. The van der Waals surface area contributed by atoms with E-state index < -0.39 is 66.7 Å². The third-order valence-electron chi connectivity index (χ3n) is 7.85. The number of aliphatic hydroxyl groups excluding tert-OH is 1. The predicted octanol–water partition coefficient (Wildman–Crippen LogP) is 0.977. The zero-order chi connectivity index (χ0) is 31.4. The van der Waals surface area contributed by atoms with Gasteiger partial charge in [0.1, 0.15) is 25.3 Å². The third-order valence-corrected chi connectivity index (χ3v) is 7.85. The van der Waals surface area contributed by atoms with Gasteiger partial charge in [-0.05, 0) is 48.6 Å². The normalized spacial score (nSPS) is 20.6. The van der Waals surface area contributed by atoms with Crippen LogP contribution < -0.4 is 20.4 Å². The number of esters is 1. The topological polar surface area (TPSA) is 186 Å². The summed E-state index contributed by atoms with van der Waals surface area (Å²) in [4.78, 5) is 67.7. The molecule has 0 bridgehead atoms. The van der Waals surface area contributed by atoms with Gasteiger partial charge in [-0.2, -0.15) is 0 Å². The lowest BCUT2D eigenvalue weighted by Gasteiger charge is -2.27. The first kappa shape index (κ1) is 31.3. The molecular weight excluding hydrogens is 560 g/mol. The van der Waals surface area contributed by atoms with E-state index in [1.54, 1.807) is 25.1 Å². The van der Waals surface area contributed by atoms with Crippen molar-refractivity contribution < 1.29 is 44.0 Å². The Morgan fingerprint density at radius 2 is 1.77 bits per heavy atom. The molecule has 4 rings (SSSR count). The number of aliphatic hydroxyl groups is 1. The van der Waals surface area contributed by atoms with Crippen LogP contribution in [0.25, 0.3) is 0 Å². The number of aryl methyl sites for hydroxylation is 1. The number of carbonyl (C=O) groups is 5. The van der Waals surface area contributed by atoms with Crippen LogP contribution in [0.4, 0.5) is 11.4 Å². The molecule has 13 nitrogen and oxygen atoms in total. The number of phenols is 2. The molecule has 0 saturated carbocycles. The summed E-state index contributed by atoms with van der Waals surface area (Å²) >= 11 is 0. The average molecular weight is 597 g/mol. The molecular formula is C30H36N4O9. The molecule has 2 aliphatic heterocycles. The van der Waals surface area contributed by atoms with Gasteiger partial charge in [0.25, 0.3) is 17.7 Å². The van der Waals surface area contributed by atoms with Crippen molar-refractivity contribution in [2.24, 2.45) is 5.92 Å². The van der Waals surface area contributed by atoms with Crippen molar-refractivity contribution in [3.05, 3.63) is 47.5 Å². The van der Waals surface area contributed by atoms with E-state index in [0.29, 0.717) is 12.0 Å². The third kappa shape index (κ3) is 6.56. The van der Waals surface area contributed by atoms with E-state index in [1.807, 2.05) is 13.8 Å². The Kier molecular flexibility index (Phi) is 9.54. The van der Waals surface area contributed by atoms with Crippen molar-refractivity contribution in [2.75, 3.05) is 29.5 Å². The van der Waals surface area contributed by atoms with Gasteiger partial charge in [-0.25, -0.2) is 0 Å². The lowest BCUT2D eigenvalue weighted by atomic mass is 9.95. The minimum Gasteiger partial charge on any atom is -0.504 e. The summed E-state index contributed by atoms with van der Waals surface area (Å²) in [6.45, 7) is 3.85. The van der Waals surface area contributed by atoms with Crippen LogP contribution in [0.15, 0.2) is 36.4 Å². The van der Waals surface area contributed by atoms with Gasteiger partial charge in [-0.15, -0.1) is 0 Å². The number of rotatable bonds is 9. The van der Waals surface area contributed by atoms with Crippen LogP contribution in [0, 0.1) is 5.92 Å². The van der Waals surface area contributed by atoms with Crippen molar-refractivity contribution in [1.29, 1.82) is 0 Å². The molecule has 5 N–H and O–H groups in total. The zero-order valence-corrected chi connectivity index (χ0v) is 24.2. The average Bonchev–Trinajstić information content (AvgIpc) is 3.32. The second kappa shape index (κ2) is 13.1. The molecule has 0 spiro atoms. The van der Waals surface area contributed by atoms with Crippen LogP contribution in [-0.4, -0.2) is 82.8 Å². The van der Waals surface area contributed by atoms with Crippen LogP contribution in [0.3, 0.4) is 0 Å². The van der Waals surface area contributed by atoms with Gasteiger partial charge in [0.05, 0.1) is 30.4 Å². The standard InChI is InChI=1S/C30H36N4O9/c1-4-16(3)28-19(12-26(39)43-28)31-24(37)14-34-22-9-7-6-8-21(22)33(25(38)15-35)13-20(30(34)42)32-29(41)18-10-17(5-2)27(40)23(36)11-18/h6-11,16,19-20,28,35-36,40H,4-5,12-15H2,1-3H3,(H,31,37)(H,32,41). The van der Waals surface area contributed by atoms with E-state index in [4.69, 9.17) is 4.74 Å². The van der Waals surface area contributed by atoms with Crippen LogP contribution in [0.2, 0.25) is 0 Å². The summed E-state index contributed by atoms with van der Waals surface area (Å²) in [5.74, 6) is -4.11. The second-order valence-corrected chi connectivity index (χ2v) is 10.7. The number of fused-ring (bicyclic) bond motifs is 1. The summed E-state index contributed by atoms with van der Waals surface area (Å²) in [6.07, 6.45) is 0.502. The highest BCUT2D eigenvalue weighted by atomic mass is 16.6. The molecule has 2 heterocycles. The first-order valence-corrected chi connectivity index (χ1v) is 14.1. The molecule has 4 unspecified atom stereocenters. The van der Waals surface area contributed by atoms with Crippen LogP contribution >= 0.6 is 0 Å². The summed E-state index contributed by atoms with van der Waals surface area (Å²) < 4.78 is 5.42. The Bertz CT molecular complexity index is 1430. The van der Waals surface area contributed by atoms with Crippen LogP contribution in [0.1, 0.15) is 49.5 Å². The number of aromatic hydroxyl groups is 2. The maximum absolute atomic E-state index is 14.0. The fourth-order valence-corrected chi connectivity index (χ4v) is 5.35. The Balaban J connectivity index is 1.66. The van der Waals surface area contributed by atoms with Gasteiger partial charge < -0.3 is 35.6 Å². The number of cyclic esters (lactones) is 1. The number of hydrogen-bond acceptors (Lipinski definition) is 9. The minimum atomic E-state index is -1.37. The van der Waals surface area contributed by atoms with E-state index in [-0.39, 0.29) is 41.6 Å². The maximum atomic E-state index is 14.0. The Labute approximate surface area is 248 Å². The molecule has 0 radical (unpaired) electrons. The Hall–Kier alpha value is -4.65. The number of ether oxygens (including phenoxy) is 1. The van der Waals surface area contributed by atoms with E-state index in [9.17, 15) is 39.3 Å². The molecule has 4 amide bonds. The molecule has 4 atom stereocenters. The predicted molar refractivity (Wildman–Crippen MR) is 155 cm³/mol. The van der Waals surface area contributed by atoms with Gasteiger partial charge in [0.15, 0.2) is 11.5 Å². The first-order chi connectivity index (χ1) is 20.5. The summed E-state index contributed by atoms with van der Waals surface area (Å²) in [6, 6.07) is 6.81. The van der Waals surface area contributed by atoms with Crippen LogP contribution in [-0.2, 0) is 30.3 Å². The lowest BCUT2D eigenvalue weighted by Crippen LogP contribution is -2.55. The highest BCUT2D eigenvalue weighted by Crippen LogP contribution is 2.34. The van der Waals surface area contributed by atoms with Crippen molar-refractivity contribution >= 4 is 41.0 Å². The fraction of sp³-hybridized carbons (Fsp3) is 0.433. The maximum Gasteiger partial charge on any atom is 0.308 e. The van der Waals surface area contributed by atoms with Gasteiger partial charge in [0, 0.05) is 5.56 Å². The van der Waals surface area contributed by atoms with E-state index in [2.05, 4.69) is 10.6 Å². The summed E-state index contributed by atoms with van der Waals surface area (Å²) in [5, 5.41) is 35.2. The molecule has 1 fully saturated rings. The molecule has 0 aliphatic carbocycles. The van der Waals surface area contributed by atoms with Crippen molar-refractivity contribution in [3.8, 4) is 11.5 Å². The number of phenolic OH excluding ortho intramolecular Hbond substituents is 2. The molecule has 2 aliphatic rings. The smallest absolute Gasteiger partial charge is 0.308 e. The van der Waals surface area contributed by atoms with E-state index in [0.717, 1.165) is 22.3 Å². The number of para-hydroxylation sites is 2. The second-order valence-electron chi connectivity index (χ2n) is 10.7. The van der Waals surface area contributed by atoms with E-state index >= 15 is 0 Å². The van der Waals surface area contributed by atoms with Gasteiger partial charge in [-0.1, -0.05) is 32.9 Å². The lowest BCUT2D eigenvalue weighted by molar-refractivity contribution is -0.143.